The summed E-state index contributed by atoms with van der Waals surface area (Å²) in [6.45, 7) is 1.91. The molecule has 0 aliphatic carbocycles. The fraction of sp³-hybridized carbons (Fsp3) is 0.120. The molecular weight excluding hydrogens is 316 g/mol. The molecule has 0 aromatic heterocycles. The summed E-state index contributed by atoms with van der Waals surface area (Å²) in [6, 6.07) is 33.1. The molecule has 0 saturated carbocycles. The van der Waals surface area contributed by atoms with Crippen molar-refractivity contribution >= 4 is 10.8 Å². The first-order valence-corrected chi connectivity index (χ1v) is 8.99. The third-order valence-electron chi connectivity index (χ3n) is 4.98. The highest BCUT2D eigenvalue weighted by atomic mass is 16.3. The standard InChI is InChI=1S/C25H22O/c1-25(26,18-19-10-3-2-4-11-19)24-17-8-7-15-23(24)22-16-9-13-20-12-5-6-14-21(20)22/h2-17,26H,18H2,1H3. The number of aliphatic hydroxyl groups is 1. The maximum Gasteiger partial charge on any atom is 0.0914 e. The van der Waals surface area contributed by atoms with Crippen LogP contribution in [0.15, 0.2) is 97.1 Å². The van der Waals surface area contributed by atoms with Crippen molar-refractivity contribution in [1.29, 1.82) is 0 Å². The molecule has 26 heavy (non-hydrogen) atoms. The first-order chi connectivity index (χ1) is 12.6. The summed E-state index contributed by atoms with van der Waals surface area (Å²) >= 11 is 0. The van der Waals surface area contributed by atoms with Crippen molar-refractivity contribution in [2.24, 2.45) is 0 Å². The van der Waals surface area contributed by atoms with Crippen LogP contribution in [-0.2, 0) is 12.0 Å². The van der Waals surface area contributed by atoms with E-state index in [-0.39, 0.29) is 0 Å². The van der Waals surface area contributed by atoms with Crippen molar-refractivity contribution in [3.05, 3.63) is 108 Å². The van der Waals surface area contributed by atoms with Gasteiger partial charge in [-0.1, -0.05) is 97.1 Å². The molecule has 1 N–H and O–H groups in total. The topological polar surface area (TPSA) is 20.2 Å². The lowest BCUT2D eigenvalue weighted by atomic mass is 9.83. The number of hydrogen-bond acceptors (Lipinski definition) is 1. The first kappa shape index (κ1) is 16.6. The highest BCUT2D eigenvalue weighted by Gasteiger charge is 2.27. The van der Waals surface area contributed by atoms with E-state index in [0.717, 1.165) is 22.3 Å². The van der Waals surface area contributed by atoms with Crippen LogP contribution in [0.2, 0.25) is 0 Å². The second-order valence-electron chi connectivity index (χ2n) is 7.01. The lowest BCUT2D eigenvalue weighted by Crippen LogP contribution is -2.25. The van der Waals surface area contributed by atoms with Gasteiger partial charge in [0.2, 0.25) is 0 Å². The van der Waals surface area contributed by atoms with E-state index in [1.807, 2.05) is 43.3 Å². The highest BCUT2D eigenvalue weighted by molar-refractivity contribution is 5.97. The van der Waals surface area contributed by atoms with E-state index in [0.29, 0.717) is 6.42 Å². The zero-order chi connectivity index (χ0) is 18.0. The van der Waals surface area contributed by atoms with Gasteiger partial charge in [0.25, 0.3) is 0 Å². The molecule has 0 spiro atoms. The van der Waals surface area contributed by atoms with Gasteiger partial charge in [-0.25, -0.2) is 0 Å². The largest absolute Gasteiger partial charge is 0.385 e. The SMILES string of the molecule is CC(O)(Cc1ccccc1)c1ccccc1-c1cccc2ccccc12. The van der Waals surface area contributed by atoms with Crippen LogP contribution in [0.4, 0.5) is 0 Å². The Hall–Kier alpha value is -2.90. The molecular formula is C25H22O. The first-order valence-electron chi connectivity index (χ1n) is 8.99. The average Bonchev–Trinajstić information content (AvgIpc) is 2.68. The summed E-state index contributed by atoms with van der Waals surface area (Å²) in [5.74, 6) is 0. The van der Waals surface area contributed by atoms with Gasteiger partial charge < -0.3 is 5.11 Å². The van der Waals surface area contributed by atoms with Crippen LogP contribution in [-0.4, -0.2) is 5.11 Å². The van der Waals surface area contributed by atoms with Crippen LogP contribution < -0.4 is 0 Å². The van der Waals surface area contributed by atoms with Crippen molar-refractivity contribution in [2.75, 3.05) is 0 Å². The van der Waals surface area contributed by atoms with E-state index in [1.54, 1.807) is 0 Å². The van der Waals surface area contributed by atoms with Crippen molar-refractivity contribution in [3.8, 4) is 11.1 Å². The summed E-state index contributed by atoms with van der Waals surface area (Å²) in [6.07, 6.45) is 0.579. The van der Waals surface area contributed by atoms with Gasteiger partial charge in [-0.05, 0) is 39.9 Å². The van der Waals surface area contributed by atoms with Crippen LogP contribution in [0, 0.1) is 0 Å². The van der Waals surface area contributed by atoms with Crippen molar-refractivity contribution < 1.29 is 5.11 Å². The van der Waals surface area contributed by atoms with Crippen LogP contribution in [0.25, 0.3) is 21.9 Å². The molecule has 4 rings (SSSR count). The van der Waals surface area contributed by atoms with Gasteiger partial charge in [-0.3, -0.25) is 0 Å². The minimum Gasteiger partial charge on any atom is -0.385 e. The van der Waals surface area contributed by atoms with E-state index in [2.05, 4.69) is 60.7 Å². The predicted octanol–water partition coefficient (Wildman–Crippen LogP) is 5.96. The Kier molecular flexibility index (Phi) is 4.32. The molecule has 0 bridgehead atoms. The van der Waals surface area contributed by atoms with Crippen LogP contribution in [0.1, 0.15) is 18.1 Å². The van der Waals surface area contributed by atoms with Crippen LogP contribution >= 0.6 is 0 Å². The summed E-state index contributed by atoms with van der Waals surface area (Å²) in [5.41, 5.74) is 3.39. The molecule has 1 unspecified atom stereocenters. The summed E-state index contributed by atoms with van der Waals surface area (Å²) in [7, 11) is 0. The molecule has 0 amide bonds. The molecule has 0 radical (unpaired) electrons. The van der Waals surface area contributed by atoms with Crippen molar-refractivity contribution in [1.82, 2.24) is 0 Å². The molecule has 128 valence electrons. The quantitative estimate of drug-likeness (QED) is 0.487. The number of fused-ring (bicyclic) bond motifs is 1. The average molecular weight is 338 g/mol. The minimum absolute atomic E-state index is 0.579. The van der Waals surface area contributed by atoms with E-state index < -0.39 is 5.60 Å². The monoisotopic (exact) mass is 338 g/mol. The normalized spacial score (nSPS) is 13.5. The molecule has 1 atom stereocenters. The Bertz CT molecular complexity index is 1030. The van der Waals surface area contributed by atoms with Gasteiger partial charge in [-0.15, -0.1) is 0 Å². The van der Waals surface area contributed by atoms with Crippen molar-refractivity contribution in [2.45, 2.75) is 18.9 Å². The lowest BCUT2D eigenvalue weighted by molar-refractivity contribution is 0.0582. The van der Waals surface area contributed by atoms with Crippen molar-refractivity contribution in [3.63, 3.8) is 0 Å². The van der Waals surface area contributed by atoms with Gasteiger partial charge in [-0.2, -0.15) is 0 Å². The zero-order valence-corrected chi connectivity index (χ0v) is 14.9. The lowest BCUT2D eigenvalue weighted by Gasteiger charge is -2.27. The zero-order valence-electron chi connectivity index (χ0n) is 14.9. The summed E-state index contributed by atoms with van der Waals surface area (Å²) in [5, 5.41) is 13.8. The Morgan fingerprint density at radius 2 is 1.27 bits per heavy atom. The second-order valence-corrected chi connectivity index (χ2v) is 7.01. The Labute approximate surface area is 154 Å². The Morgan fingerprint density at radius 1 is 0.654 bits per heavy atom. The maximum absolute atomic E-state index is 11.4. The molecule has 1 heteroatoms. The maximum atomic E-state index is 11.4. The molecule has 4 aromatic rings. The van der Waals surface area contributed by atoms with E-state index >= 15 is 0 Å². The smallest absolute Gasteiger partial charge is 0.0914 e. The molecule has 4 aromatic carbocycles. The molecule has 0 heterocycles. The van der Waals surface area contributed by atoms with Crippen LogP contribution in [0.5, 0.6) is 0 Å². The van der Waals surface area contributed by atoms with E-state index in [9.17, 15) is 5.11 Å². The van der Waals surface area contributed by atoms with Gasteiger partial charge >= 0.3 is 0 Å². The predicted molar refractivity (Wildman–Crippen MR) is 109 cm³/mol. The molecule has 0 aliphatic rings. The molecule has 1 nitrogen and oxygen atoms in total. The fourth-order valence-corrected chi connectivity index (χ4v) is 3.74. The third kappa shape index (κ3) is 3.14. The Balaban J connectivity index is 1.84. The number of rotatable bonds is 4. The van der Waals surface area contributed by atoms with Gasteiger partial charge in [0, 0.05) is 6.42 Å². The fourth-order valence-electron chi connectivity index (χ4n) is 3.74. The van der Waals surface area contributed by atoms with Crippen LogP contribution in [0.3, 0.4) is 0 Å². The summed E-state index contributed by atoms with van der Waals surface area (Å²) in [4.78, 5) is 0. The molecule has 0 aliphatic heterocycles. The molecule has 0 saturated heterocycles. The van der Waals surface area contributed by atoms with E-state index in [1.165, 1.54) is 10.8 Å². The highest BCUT2D eigenvalue weighted by Crippen LogP contribution is 2.37. The minimum atomic E-state index is -0.950. The number of hydrogen-bond donors (Lipinski definition) is 1. The number of benzene rings is 4. The second kappa shape index (κ2) is 6.78. The van der Waals surface area contributed by atoms with Gasteiger partial charge in [0.15, 0.2) is 0 Å². The third-order valence-corrected chi connectivity index (χ3v) is 4.98. The molecule has 0 fully saturated rings. The van der Waals surface area contributed by atoms with Gasteiger partial charge in [0.05, 0.1) is 5.60 Å². The summed E-state index contributed by atoms with van der Waals surface area (Å²) < 4.78 is 0. The van der Waals surface area contributed by atoms with E-state index in [4.69, 9.17) is 0 Å². The Morgan fingerprint density at radius 3 is 2.12 bits per heavy atom. The van der Waals surface area contributed by atoms with Gasteiger partial charge in [0.1, 0.15) is 0 Å².